The van der Waals surface area contributed by atoms with Gasteiger partial charge in [-0.15, -0.1) is 0 Å². The summed E-state index contributed by atoms with van der Waals surface area (Å²) in [6.45, 7) is 2.19. The van der Waals surface area contributed by atoms with Gasteiger partial charge in [0.2, 0.25) is 0 Å². The zero-order valence-corrected chi connectivity index (χ0v) is 9.87. The highest BCUT2D eigenvalue weighted by molar-refractivity contribution is 7.98. The zero-order chi connectivity index (χ0) is 10.8. The fourth-order valence-corrected chi connectivity index (χ4v) is 2.54. The Morgan fingerprint density at radius 1 is 1.60 bits per heavy atom. The van der Waals surface area contributed by atoms with Gasteiger partial charge in [0, 0.05) is 0 Å². The van der Waals surface area contributed by atoms with Crippen molar-refractivity contribution in [1.82, 2.24) is 0 Å². The molecular weight excluding hydrogens is 206 g/mol. The van der Waals surface area contributed by atoms with Gasteiger partial charge in [-0.1, -0.05) is 11.8 Å². The van der Waals surface area contributed by atoms with Crippen LogP contribution >= 0.6 is 11.8 Å². The summed E-state index contributed by atoms with van der Waals surface area (Å²) in [6.07, 6.45) is 3.08. The maximum absolute atomic E-state index is 9.03. The number of hydrogen-bond donors (Lipinski definition) is 1. The van der Waals surface area contributed by atoms with E-state index >= 15 is 0 Å². The molecule has 1 aromatic heterocycles. The smallest absolute Gasteiger partial charge is 0.256 e. The Morgan fingerprint density at radius 2 is 2.40 bits per heavy atom. The van der Waals surface area contributed by atoms with Crippen molar-refractivity contribution >= 4 is 11.8 Å². The minimum Gasteiger partial charge on any atom is -0.333 e. The molecule has 0 saturated carbocycles. The fourth-order valence-electron chi connectivity index (χ4n) is 1.99. The summed E-state index contributed by atoms with van der Waals surface area (Å²) >= 11 is 1.61. The molecule has 1 aliphatic heterocycles. The van der Waals surface area contributed by atoms with Gasteiger partial charge < -0.3 is 4.90 Å². The molecule has 4 heteroatoms. The van der Waals surface area contributed by atoms with Crippen LogP contribution < -0.4 is 9.88 Å². The highest BCUT2D eigenvalue weighted by Gasteiger charge is 2.24. The molecule has 1 aliphatic rings. The van der Waals surface area contributed by atoms with Crippen molar-refractivity contribution in [3.63, 3.8) is 0 Å². The number of likely N-dealkylation sites (N-methyl/N-ethyl adjacent to an activating group) is 1. The van der Waals surface area contributed by atoms with Crippen LogP contribution in [0.5, 0.6) is 0 Å². The number of nitrogens with one attached hydrogen (secondary N) is 2. The molecule has 2 heterocycles. The van der Waals surface area contributed by atoms with E-state index in [0.29, 0.717) is 0 Å². The lowest BCUT2D eigenvalue weighted by molar-refractivity contribution is -0.897. The second kappa shape index (κ2) is 4.21. The molecule has 0 spiro atoms. The molecule has 2 rings (SSSR count). The summed E-state index contributed by atoms with van der Waals surface area (Å²) in [5.74, 6) is 0. The van der Waals surface area contributed by atoms with Gasteiger partial charge >= 0.3 is 0 Å². The summed E-state index contributed by atoms with van der Waals surface area (Å²) in [5.41, 5.74) is 3.38. The Kier molecular flexibility index (Phi) is 2.94. The predicted molar refractivity (Wildman–Crippen MR) is 58.7 cm³/mol. The molecule has 2 N–H and O–H groups in total. The molecule has 0 amide bonds. The van der Waals surface area contributed by atoms with Crippen molar-refractivity contribution in [3.8, 4) is 6.07 Å². The molecule has 0 aliphatic carbocycles. The van der Waals surface area contributed by atoms with Crippen LogP contribution in [-0.4, -0.2) is 19.8 Å². The third-order valence-electron chi connectivity index (χ3n) is 2.83. The number of rotatable bonds is 1. The first-order valence-corrected chi connectivity index (χ1v) is 6.30. The van der Waals surface area contributed by atoms with Crippen LogP contribution in [0.1, 0.15) is 16.8 Å². The van der Waals surface area contributed by atoms with Crippen LogP contribution in [0.3, 0.4) is 0 Å². The molecular formula is C11H15N3S+2. The number of H-pyrrole nitrogens is 1. The molecule has 0 saturated heterocycles. The second-order valence-electron chi connectivity index (χ2n) is 3.97. The van der Waals surface area contributed by atoms with Crippen molar-refractivity contribution in [2.45, 2.75) is 18.0 Å². The summed E-state index contributed by atoms with van der Waals surface area (Å²) in [6, 6.07) is 4.29. The van der Waals surface area contributed by atoms with Crippen LogP contribution in [0.15, 0.2) is 11.1 Å². The van der Waals surface area contributed by atoms with Crippen LogP contribution in [0.2, 0.25) is 0 Å². The summed E-state index contributed by atoms with van der Waals surface area (Å²) in [5, 5.41) is 10.0. The Morgan fingerprint density at radius 3 is 3.07 bits per heavy atom. The molecule has 1 unspecified atom stereocenters. The Hall–Kier alpha value is -1.05. The van der Waals surface area contributed by atoms with Gasteiger partial charge in [-0.2, -0.15) is 5.26 Å². The highest BCUT2D eigenvalue weighted by Crippen LogP contribution is 2.17. The molecule has 0 fully saturated rings. The highest BCUT2D eigenvalue weighted by atomic mass is 32.2. The number of nitriles is 1. The average Bonchev–Trinajstić information content (AvgIpc) is 2.27. The van der Waals surface area contributed by atoms with Gasteiger partial charge in [-0.3, -0.25) is 0 Å². The van der Waals surface area contributed by atoms with E-state index in [-0.39, 0.29) is 0 Å². The van der Waals surface area contributed by atoms with Crippen LogP contribution in [0, 0.1) is 11.3 Å². The largest absolute Gasteiger partial charge is 0.333 e. The molecule has 0 aromatic carbocycles. The Labute approximate surface area is 94.1 Å². The van der Waals surface area contributed by atoms with Gasteiger partial charge in [-0.05, 0) is 12.3 Å². The molecule has 0 radical (unpaired) electrons. The Bertz CT molecular complexity index is 423. The number of hydrogen-bond acceptors (Lipinski definition) is 2. The van der Waals surface area contributed by atoms with Gasteiger partial charge in [0.05, 0.1) is 25.6 Å². The topological polar surface area (TPSA) is 42.4 Å². The number of pyridine rings is 1. The quantitative estimate of drug-likeness (QED) is 0.660. The molecule has 3 nitrogen and oxygen atoms in total. The second-order valence-corrected chi connectivity index (χ2v) is 4.78. The van der Waals surface area contributed by atoms with Gasteiger partial charge in [0.15, 0.2) is 5.69 Å². The normalized spacial score (nSPS) is 19.4. The van der Waals surface area contributed by atoms with Gasteiger partial charge in [-0.25, -0.2) is 4.98 Å². The first-order valence-electron chi connectivity index (χ1n) is 5.08. The maximum atomic E-state index is 9.03. The number of aromatic nitrogens is 1. The van der Waals surface area contributed by atoms with Gasteiger partial charge in [0.1, 0.15) is 18.2 Å². The lowest BCUT2D eigenvalue weighted by Gasteiger charge is -2.18. The summed E-state index contributed by atoms with van der Waals surface area (Å²) in [7, 11) is 2.19. The minimum absolute atomic E-state index is 0.774. The lowest BCUT2D eigenvalue weighted by atomic mass is 10.0. The number of aromatic amines is 1. The van der Waals surface area contributed by atoms with Crippen LogP contribution in [0.25, 0.3) is 0 Å². The van der Waals surface area contributed by atoms with E-state index in [1.807, 2.05) is 12.3 Å². The fraction of sp³-hybridized carbons (Fsp3) is 0.455. The minimum atomic E-state index is 0.774. The average molecular weight is 221 g/mol. The van der Waals surface area contributed by atoms with Crippen molar-refractivity contribution in [1.29, 1.82) is 5.26 Å². The van der Waals surface area contributed by atoms with E-state index in [9.17, 15) is 0 Å². The molecule has 1 aromatic rings. The first-order chi connectivity index (χ1) is 7.24. The van der Waals surface area contributed by atoms with E-state index in [1.165, 1.54) is 22.7 Å². The van der Waals surface area contributed by atoms with Crippen molar-refractivity contribution < 1.29 is 9.88 Å². The van der Waals surface area contributed by atoms with E-state index in [2.05, 4.69) is 18.1 Å². The van der Waals surface area contributed by atoms with Crippen molar-refractivity contribution in [2.24, 2.45) is 0 Å². The third kappa shape index (κ3) is 1.99. The first kappa shape index (κ1) is 10.5. The zero-order valence-electron chi connectivity index (χ0n) is 9.05. The number of thioether (sulfide) groups is 1. The number of nitrogens with zero attached hydrogens (tertiary/aromatic N) is 1. The molecule has 1 atom stereocenters. The molecule has 15 heavy (non-hydrogen) atoms. The van der Waals surface area contributed by atoms with Gasteiger partial charge in [0.25, 0.3) is 5.03 Å². The van der Waals surface area contributed by atoms with E-state index in [4.69, 9.17) is 5.26 Å². The monoisotopic (exact) mass is 221 g/mol. The molecule has 0 bridgehead atoms. The number of fused-ring (bicyclic) bond motifs is 1. The summed E-state index contributed by atoms with van der Waals surface area (Å²) < 4.78 is 0. The van der Waals surface area contributed by atoms with Crippen LogP contribution in [0.4, 0.5) is 0 Å². The number of quaternary nitrogens is 1. The van der Waals surface area contributed by atoms with E-state index in [1.54, 1.807) is 11.8 Å². The maximum Gasteiger partial charge on any atom is 0.256 e. The lowest BCUT2D eigenvalue weighted by Crippen LogP contribution is -3.08. The van der Waals surface area contributed by atoms with Crippen LogP contribution in [-0.2, 0) is 13.0 Å². The van der Waals surface area contributed by atoms with Crippen molar-refractivity contribution in [2.75, 3.05) is 19.8 Å². The van der Waals surface area contributed by atoms with Crippen molar-refractivity contribution in [3.05, 3.63) is 22.9 Å². The SMILES string of the molecule is CSc1[nH+]c2c(cc1C#N)C[NH+](C)CC2. The summed E-state index contributed by atoms with van der Waals surface area (Å²) in [4.78, 5) is 4.89. The third-order valence-corrected chi connectivity index (χ3v) is 3.56. The predicted octanol–water partition coefficient (Wildman–Crippen LogP) is -0.335. The molecule has 78 valence electrons. The van der Waals surface area contributed by atoms with E-state index in [0.717, 1.165) is 23.6 Å². The standard InChI is InChI=1S/C11H13N3S/c1-14-4-3-10-9(7-14)5-8(6-12)11(13-10)15-2/h5H,3-4,7H2,1-2H3/p+2. The Balaban J connectivity index is 2.46. The van der Waals surface area contributed by atoms with E-state index < -0.39 is 0 Å².